The van der Waals surface area contributed by atoms with Gasteiger partial charge in [-0.1, -0.05) is 6.92 Å². The first-order valence-corrected chi connectivity index (χ1v) is 7.85. The summed E-state index contributed by atoms with van der Waals surface area (Å²) in [5.74, 6) is -1.16. The van der Waals surface area contributed by atoms with Gasteiger partial charge in [0.15, 0.2) is 0 Å². The number of nitrogens with one attached hydrogen (secondary N) is 2. The van der Waals surface area contributed by atoms with Crippen molar-refractivity contribution in [2.45, 2.75) is 45.4 Å². The second-order valence-electron chi connectivity index (χ2n) is 5.68. The molecule has 1 rings (SSSR count). The van der Waals surface area contributed by atoms with E-state index < -0.39 is 11.4 Å². The zero-order chi connectivity index (χ0) is 16.4. The van der Waals surface area contributed by atoms with E-state index in [-0.39, 0.29) is 24.8 Å². The van der Waals surface area contributed by atoms with Gasteiger partial charge in [-0.2, -0.15) is 0 Å². The second-order valence-corrected chi connectivity index (χ2v) is 5.68. The van der Waals surface area contributed by atoms with Crippen LogP contribution in [0, 0.1) is 5.41 Å². The van der Waals surface area contributed by atoms with Crippen LogP contribution in [0.3, 0.4) is 0 Å². The molecular weight excluding hydrogens is 288 g/mol. The van der Waals surface area contributed by atoms with Crippen LogP contribution in [-0.2, 0) is 19.1 Å². The number of aliphatic carboxylic acids is 1. The average Bonchev–Trinajstić information content (AvgIpc) is 2.51. The van der Waals surface area contributed by atoms with Crippen molar-refractivity contribution in [3.05, 3.63) is 0 Å². The van der Waals surface area contributed by atoms with Crippen molar-refractivity contribution in [1.82, 2.24) is 10.6 Å². The molecule has 7 heteroatoms. The molecule has 0 bridgehead atoms. The molecule has 7 nitrogen and oxygen atoms in total. The third-order valence-electron chi connectivity index (χ3n) is 3.91. The zero-order valence-corrected chi connectivity index (χ0v) is 13.2. The predicted octanol–water partition coefficient (Wildman–Crippen LogP) is 0.681. The van der Waals surface area contributed by atoms with Crippen LogP contribution in [0.2, 0.25) is 0 Å². The van der Waals surface area contributed by atoms with Gasteiger partial charge in [0.1, 0.15) is 0 Å². The largest absolute Gasteiger partial charge is 0.481 e. The Hall–Kier alpha value is -1.63. The third-order valence-corrected chi connectivity index (χ3v) is 3.91. The van der Waals surface area contributed by atoms with Gasteiger partial charge in [-0.15, -0.1) is 0 Å². The number of hydrogen-bond acceptors (Lipinski definition) is 4. The van der Waals surface area contributed by atoms with E-state index in [1.807, 2.05) is 6.92 Å². The van der Waals surface area contributed by atoms with Gasteiger partial charge in [0.2, 0.25) is 11.8 Å². The molecule has 0 radical (unpaired) electrons. The summed E-state index contributed by atoms with van der Waals surface area (Å²) < 4.78 is 5.18. The summed E-state index contributed by atoms with van der Waals surface area (Å²) >= 11 is 0. The molecule has 0 aliphatic carbocycles. The van der Waals surface area contributed by atoms with Crippen molar-refractivity contribution in [1.29, 1.82) is 0 Å². The Bertz CT molecular complexity index is 391. The highest BCUT2D eigenvalue weighted by Gasteiger charge is 2.40. The maximum atomic E-state index is 11.8. The average molecular weight is 314 g/mol. The molecular formula is C15H26N2O5. The van der Waals surface area contributed by atoms with Crippen LogP contribution in [0.1, 0.15) is 45.4 Å². The molecule has 1 fully saturated rings. The molecule has 0 aromatic carbocycles. The molecule has 1 aliphatic heterocycles. The van der Waals surface area contributed by atoms with E-state index in [0.29, 0.717) is 45.4 Å². The number of carboxylic acids is 1. The van der Waals surface area contributed by atoms with Crippen LogP contribution in [0.4, 0.5) is 0 Å². The predicted molar refractivity (Wildman–Crippen MR) is 80.3 cm³/mol. The van der Waals surface area contributed by atoms with Crippen LogP contribution >= 0.6 is 0 Å². The summed E-state index contributed by atoms with van der Waals surface area (Å²) in [5.41, 5.74) is -0.924. The molecule has 0 aromatic rings. The Morgan fingerprint density at radius 2 is 1.68 bits per heavy atom. The van der Waals surface area contributed by atoms with Crippen molar-refractivity contribution < 1.29 is 24.2 Å². The van der Waals surface area contributed by atoms with Gasteiger partial charge >= 0.3 is 5.97 Å². The quantitative estimate of drug-likeness (QED) is 0.580. The standard InChI is InChI=1S/C15H26N2O5/c1-2-8-16-12(18)4-3-5-13(19)17-11-15(14(20)21)6-9-22-10-7-15/h2-11H2,1H3,(H,16,18)(H,17,19)(H,20,21). The normalized spacial score (nSPS) is 16.8. The number of ether oxygens (including phenoxy) is 1. The third kappa shape index (κ3) is 6.01. The first-order chi connectivity index (χ1) is 10.5. The number of hydrogen-bond donors (Lipinski definition) is 3. The molecule has 0 aromatic heterocycles. The van der Waals surface area contributed by atoms with Crippen LogP contribution in [-0.4, -0.2) is 49.2 Å². The van der Waals surface area contributed by atoms with Crippen molar-refractivity contribution >= 4 is 17.8 Å². The Morgan fingerprint density at radius 3 is 2.23 bits per heavy atom. The van der Waals surface area contributed by atoms with Gasteiger partial charge < -0.3 is 20.5 Å². The SMILES string of the molecule is CCCNC(=O)CCCC(=O)NCC1(C(=O)O)CCOCC1. The van der Waals surface area contributed by atoms with Crippen molar-refractivity contribution in [3.8, 4) is 0 Å². The minimum absolute atomic E-state index is 0.0546. The first kappa shape index (κ1) is 18.4. The lowest BCUT2D eigenvalue weighted by molar-refractivity contribution is -0.154. The van der Waals surface area contributed by atoms with Crippen molar-refractivity contribution in [2.75, 3.05) is 26.3 Å². The summed E-state index contributed by atoms with van der Waals surface area (Å²) in [5, 5.41) is 14.8. The Kier molecular flexibility index (Phi) is 7.87. The molecule has 1 aliphatic rings. The smallest absolute Gasteiger partial charge is 0.311 e. The number of carbonyl (C=O) groups is 3. The van der Waals surface area contributed by atoms with Crippen LogP contribution in [0.15, 0.2) is 0 Å². The van der Waals surface area contributed by atoms with Crippen molar-refractivity contribution in [3.63, 3.8) is 0 Å². The van der Waals surface area contributed by atoms with E-state index in [2.05, 4.69) is 10.6 Å². The van der Waals surface area contributed by atoms with Gasteiger partial charge in [-0.05, 0) is 25.7 Å². The lowest BCUT2D eigenvalue weighted by atomic mass is 9.80. The number of carbonyl (C=O) groups excluding carboxylic acids is 2. The molecule has 0 spiro atoms. The topological polar surface area (TPSA) is 105 Å². The molecule has 1 saturated heterocycles. The van der Waals surface area contributed by atoms with E-state index >= 15 is 0 Å². The number of rotatable bonds is 9. The minimum atomic E-state index is -0.924. The molecule has 2 amide bonds. The molecule has 0 saturated carbocycles. The summed E-state index contributed by atoms with van der Waals surface area (Å²) in [6.07, 6.45) is 2.69. The Balaban J connectivity index is 2.26. The maximum Gasteiger partial charge on any atom is 0.311 e. The first-order valence-electron chi connectivity index (χ1n) is 7.85. The van der Waals surface area contributed by atoms with E-state index in [9.17, 15) is 19.5 Å². The van der Waals surface area contributed by atoms with Gasteiger partial charge in [0.25, 0.3) is 0 Å². The molecule has 22 heavy (non-hydrogen) atoms. The van der Waals surface area contributed by atoms with Gasteiger partial charge in [0, 0.05) is 39.1 Å². The van der Waals surface area contributed by atoms with Crippen LogP contribution in [0.5, 0.6) is 0 Å². The fourth-order valence-corrected chi connectivity index (χ4v) is 2.35. The fourth-order valence-electron chi connectivity index (χ4n) is 2.35. The number of carboxylic acid groups (broad SMARTS) is 1. The summed E-state index contributed by atoms with van der Waals surface area (Å²) in [6.45, 7) is 3.54. The molecule has 1 heterocycles. The van der Waals surface area contributed by atoms with Crippen molar-refractivity contribution in [2.24, 2.45) is 5.41 Å². The molecule has 0 unspecified atom stereocenters. The van der Waals surface area contributed by atoms with E-state index in [1.165, 1.54) is 0 Å². The minimum Gasteiger partial charge on any atom is -0.481 e. The van der Waals surface area contributed by atoms with E-state index in [4.69, 9.17) is 4.74 Å². The van der Waals surface area contributed by atoms with Gasteiger partial charge in [0.05, 0.1) is 5.41 Å². The van der Waals surface area contributed by atoms with Crippen LogP contribution in [0.25, 0.3) is 0 Å². The van der Waals surface area contributed by atoms with Gasteiger partial charge in [-0.3, -0.25) is 14.4 Å². The summed E-state index contributed by atoms with van der Waals surface area (Å²) in [7, 11) is 0. The lowest BCUT2D eigenvalue weighted by Crippen LogP contribution is -2.46. The fraction of sp³-hybridized carbons (Fsp3) is 0.800. The molecule has 126 valence electrons. The Morgan fingerprint density at radius 1 is 1.09 bits per heavy atom. The van der Waals surface area contributed by atoms with Crippen LogP contribution < -0.4 is 10.6 Å². The Labute approximate surface area is 130 Å². The van der Waals surface area contributed by atoms with Gasteiger partial charge in [-0.25, -0.2) is 0 Å². The summed E-state index contributed by atoms with van der Waals surface area (Å²) in [4.78, 5) is 34.6. The van der Waals surface area contributed by atoms with E-state index in [0.717, 1.165) is 6.42 Å². The second kappa shape index (κ2) is 9.40. The highest BCUT2D eigenvalue weighted by molar-refractivity contribution is 5.80. The van der Waals surface area contributed by atoms with E-state index in [1.54, 1.807) is 0 Å². The lowest BCUT2D eigenvalue weighted by Gasteiger charge is -2.33. The maximum absolute atomic E-state index is 11.8. The summed E-state index contributed by atoms with van der Waals surface area (Å²) in [6, 6.07) is 0. The number of amides is 2. The highest BCUT2D eigenvalue weighted by Crippen LogP contribution is 2.30. The highest BCUT2D eigenvalue weighted by atomic mass is 16.5. The molecule has 0 atom stereocenters. The molecule has 3 N–H and O–H groups in total. The zero-order valence-electron chi connectivity index (χ0n) is 13.2. The monoisotopic (exact) mass is 314 g/mol.